The molecule has 0 amide bonds. The summed E-state index contributed by atoms with van der Waals surface area (Å²) in [6.45, 7) is 1.52. The maximum absolute atomic E-state index is 13.8. The van der Waals surface area contributed by atoms with E-state index in [2.05, 4.69) is 10.2 Å². The monoisotopic (exact) mass is 379 g/mol. The Bertz CT molecular complexity index is 961. The molecule has 2 heterocycles. The Morgan fingerprint density at radius 1 is 1.15 bits per heavy atom. The van der Waals surface area contributed by atoms with Crippen molar-refractivity contribution < 1.29 is 22.3 Å². The Labute approximate surface area is 152 Å². The molecule has 1 fully saturated rings. The van der Waals surface area contributed by atoms with Crippen LogP contribution in [0.2, 0.25) is 0 Å². The first-order valence-electron chi connectivity index (χ1n) is 8.69. The molecule has 4 nitrogen and oxygen atoms in total. The van der Waals surface area contributed by atoms with Crippen LogP contribution in [0.15, 0.2) is 36.5 Å². The molecule has 27 heavy (non-hydrogen) atoms. The van der Waals surface area contributed by atoms with E-state index in [1.165, 1.54) is 41.7 Å². The molecule has 0 N–H and O–H groups in total. The predicted octanol–water partition coefficient (Wildman–Crippen LogP) is 4.98. The minimum atomic E-state index is -4.61. The Morgan fingerprint density at radius 2 is 1.85 bits per heavy atom. The van der Waals surface area contributed by atoms with Crippen LogP contribution in [0.5, 0.6) is 5.75 Å². The quantitative estimate of drug-likeness (QED) is 0.587. The first-order valence-corrected chi connectivity index (χ1v) is 8.69. The highest BCUT2D eigenvalue weighted by Crippen LogP contribution is 2.39. The SMILES string of the molecule is C[C@H](Oc1ccc(F)cc1)c1ccn2c(CC3CC3)nnc2c1C(F)(F)F. The first kappa shape index (κ1) is 17.8. The molecule has 2 aromatic heterocycles. The van der Waals surface area contributed by atoms with Gasteiger partial charge >= 0.3 is 6.18 Å². The molecule has 0 saturated heterocycles. The minimum absolute atomic E-state index is 0.0373. The van der Waals surface area contributed by atoms with E-state index in [-0.39, 0.29) is 17.0 Å². The highest BCUT2D eigenvalue weighted by Gasteiger charge is 2.39. The second-order valence-corrected chi connectivity index (χ2v) is 6.82. The lowest BCUT2D eigenvalue weighted by Gasteiger charge is -2.20. The minimum Gasteiger partial charge on any atom is -0.486 e. The van der Waals surface area contributed by atoms with Crippen LogP contribution in [-0.4, -0.2) is 14.6 Å². The summed E-state index contributed by atoms with van der Waals surface area (Å²) in [5.74, 6) is 0.857. The van der Waals surface area contributed by atoms with Crippen LogP contribution < -0.4 is 4.74 Å². The lowest BCUT2D eigenvalue weighted by atomic mass is 10.0. The molecular weight excluding hydrogens is 362 g/mol. The van der Waals surface area contributed by atoms with E-state index < -0.39 is 23.7 Å². The Kier molecular flexibility index (Phi) is 4.28. The summed E-state index contributed by atoms with van der Waals surface area (Å²) < 4.78 is 61.5. The maximum atomic E-state index is 13.8. The van der Waals surface area contributed by atoms with Gasteiger partial charge in [-0.25, -0.2) is 4.39 Å². The third-order valence-electron chi connectivity index (χ3n) is 4.70. The van der Waals surface area contributed by atoms with Crippen LogP contribution in [0.3, 0.4) is 0 Å². The third-order valence-corrected chi connectivity index (χ3v) is 4.70. The fraction of sp³-hybridized carbons (Fsp3) is 0.368. The fourth-order valence-electron chi connectivity index (χ4n) is 3.15. The number of alkyl halides is 3. The van der Waals surface area contributed by atoms with Gasteiger partial charge in [0, 0.05) is 18.2 Å². The zero-order chi connectivity index (χ0) is 19.2. The van der Waals surface area contributed by atoms with Gasteiger partial charge in [0.15, 0.2) is 5.65 Å². The number of fused-ring (bicyclic) bond motifs is 1. The number of hydrogen-bond acceptors (Lipinski definition) is 3. The van der Waals surface area contributed by atoms with Crippen molar-refractivity contribution in [3.05, 3.63) is 59.3 Å². The van der Waals surface area contributed by atoms with Gasteiger partial charge in [-0.15, -0.1) is 10.2 Å². The topological polar surface area (TPSA) is 39.4 Å². The number of pyridine rings is 1. The second kappa shape index (κ2) is 6.51. The molecule has 3 aromatic rings. The molecule has 8 heteroatoms. The van der Waals surface area contributed by atoms with E-state index in [1.807, 2.05) is 0 Å². The summed E-state index contributed by atoms with van der Waals surface area (Å²) in [5, 5.41) is 7.79. The molecule has 1 saturated carbocycles. The average molecular weight is 379 g/mol. The van der Waals surface area contributed by atoms with Crippen LogP contribution in [0.25, 0.3) is 5.65 Å². The van der Waals surface area contributed by atoms with Crippen LogP contribution in [0, 0.1) is 11.7 Å². The summed E-state index contributed by atoms with van der Waals surface area (Å²) in [4.78, 5) is 0. The number of hydrogen-bond donors (Lipinski definition) is 0. The molecule has 0 spiro atoms. The van der Waals surface area contributed by atoms with Gasteiger partial charge < -0.3 is 4.74 Å². The molecule has 0 radical (unpaired) electrons. The molecule has 0 bridgehead atoms. The number of nitrogens with zero attached hydrogens (tertiary/aromatic N) is 3. The molecule has 0 aliphatic heterocycles. The van der Waals surface area contributed by atoms with Gasteiger partial charge in [-0.3, -0.25) is 4.40 Å². The number of ether oxygens (including phenoxy) is 1. The summed E-state index contributed by atoms with van der Waals surface area (Å²) in [5.41, 5.74) is -1.11. The Morgan fingerprint density at radius 3 is 2.48 bits per heavy atom. The number of benzene rings is 1. The zero-order valence-corrected chi connectivity index (χ0v) is 14.5. The summed E-state index contributed by atoms with van der Waals surface area (Å²) in [6.07, 6.45) is -1.19. The van der Waals surface area contributed by atoms with E-state index in [1.54, 1.807) is 6.20 Å². The van der Waals surface area contributed by atoms with Gasteiger partial charge in [0.25, 0.3) is 0 Å². The van der Waals surface area contributed by atoms with E-state index in [4.69, 9.17) is 4.74 Å². The standard InChI is InChI=1S/C19H17F4N3O/c1-11(27-14-6-4-13(20)5-7-14)15-8-9-26-16(10-12-2-3-12)24-25-18(26)17(15)19(21,22)23/h4-9,11-12H,2-3,10H2,1H3/t11-/m0/s1. The number of rotatable bonds is 5. The van der Waals surface area contributed by atoms with Crippen molar-refractivity contribution in [1.82, 2.24) is 14.6 Å². The van der Waals surface area contributed by atoms with Crippen molar-refractivity contribution in [2.75, 3.05) is 0 Å². The van der Waals surface area contributed by atoms with E-state index >= 15 is 0 Å². The second-order valence-electron chi connectivity index (χ2n) is 6.82. The summed E-state index contributed by atoms with van der Waals surface area (Å²) >= 11 is 0. The predicted molar refractivity (Wildman–Crippen MR) is 89.9 cm³/mol. The highest BCUT2D eigenvalue weighted by molar-refractivity contribution is 5.54. The van der Waals surface area contributed by atoms with Gasteiger partial charge in [0.2, 0.25) is 0 Å². The number of aromatic nitrogens is 3. The smallest absolute Gasteiger partial charge is 0.420 e. The average Bonchev–Trinajstić information content (AvgIpc) is 3.34. The van der Waals surface area contributed by atoms with Gasteiger partial charge in [-0.1, -0.05) is 0 Å². The molecule has 1 aliphatic carbocycles. The van der Waals surface area contributed by atoms with Crippen LogP contribution in [-0.2, 0) is 12.6 Å². The number of halogens is 4. The normalized spacial score (nSPS) is 15.9. The fourth-order valence-corrected chi connectivity index (χ4v) is 3.15. The van der Waals surface area contributed by atoms with Crippen LogP contribution in [0.4, 0.5) is 17.6 Å². The first-order chi connectivity index (χ1) is 12.8. The molecule has 4 rings (SSSR count). The lowest BCUT2D eigenvalue weighted by Crippen LogP contribution is -2.16. The van der Waals surface area contributed by atoms with Crippen molar-refractivity contribution in [3.8, 4) is 5.75 Å². The van der Waals surface area contributed by atoms with Gasteiger partial charge in [-0.2, -0.15) is 13.2 Å². The molecule has 1 aliphatic rings. The highest BCUT2D eigenvalue weighted by atomic mass is 19.4. The van der Waals surface area contributed by atoms with Gasteiger partial charge in [0.1, 0.15) is 29.1 Å². The summed E-state index contributed by atoms with van der Waals surface area (Å²) in [7, 11) is 0. The third kappa shape index (κ3) is 3.61. The Hall–Kier alpha value is -2.64. The van der Waals surface area contributed by atoms with Crippen molar-refractivity contribution in [2.24, 2.45) is 5.92 Å². The molecule has 1 atom stereocenters. The van der Waals surface area contributed by atoms with Crippen LogP contribution >= 0.6 is 0 Å². The summed E-state index contributed by atoms with van der Waals surface area (Å²) in [6, 6.07) is 6.53. The van der Waals surface area contributed by atoms with Gasteiger partial charge in [-0.05, 0) is 56.0 Å². The largest absolute Gasteiger partial charge is 0.486 e. The zero-order valence-electron chi connectivity index (χ0n) is 14.5. The molecule has 1 aromatic carbocycles. The maximum Gasteiger partial charge on any atom is 0.420 e. The van der Waals surface area contributed by atoms with Crippen molar-refractivity contribution in [1.29, 1.82) is 0 Å². The van der Waals surface area contributed by atoms with Crippen molar-refractivity contribution >= 4 is 5.65 Å². The van der Waals surface area contributed by atoms with E-state index in [9.17, 15) is 17.6 Å². The van der Waals surface area contributed by atoms with Crippen molar-refractivity contribution in [2.45, 2.75) is 38.5 Å². The molecule has 142 valence electrons. The van der Waals surface area contributed by atoms with Crippen LogP contribution in [0.1, 0.15) is 42.8 Å². The molecular formula is C19H17F4N3O. The Balaban J connectivity index is 1.73. The lowest BCUT2D eigenvalue weighted by molar-refractivity contribution is -0.138. The van der Waals surface area contributed by atoms with Gasteiger partial charge in [0.05, 0.1) is 0 Å². The van der Waals surface area contributed by atoms with Crippen molar-refractivity contribution in [3.63, 3.8) is 0 Å². The van der Waals surface area contributed by atoms with E-state index in [0.717, 1.165) is 12.8 Å². The van der Waals surface area contributed by atoms with E-state index in [0.29, 0.717) is 18.2 Å². The molecule has 0 unspecified atom stereocenters.